The highest BCUT2D eigenvalue weighted by Crippen LogP contribution is 2.48. The van der Waals surface area contributed by atoms with E-state index >= 15 is 0 Å². The second-order valence-electron chi connectivity index (χ2n) is 12.9. The van der Waals surface area contributed by atoms with Crippen molar-refractivity contribution >= 4 is 85.9 Å². The molecule has 0 aliphatic rings. The van der Waals surface area contributed by atoms with Crippen molar-refractivity contribution in [1.29, 1.82) is 0 Å². The van der Waals surface area contributed by atoms with Gasteiger partial charge in [0.25, 0.3) is 0 Å². The molecule has 0 N–H and O–H groups in total. The first-order valence-electron chi connectivity index (χ1n) is 16.8. The van der Waals surface area contributed by atoms with Crippen molar-refractivity contribution in [3.05, 3.63) is 170 Å². The highest BCUT2D eigenvalue weighted by Gasteiger charge is 2.23. The van der Waals surface area contributed by atoms with Crippen LogP contribution in [0.25, 0.3) is 97.1 Å². The first-order chi connectivity index (χ1) is 24.3. The molecule has 0 spiro atoms. The van der Waals surface area contributed by atoms with Gasteiger partial charge in [-0.15, -0.1) is 11.3 Å². The highest BCUT2D eigenvalue weighted by molar-refractivity contribution is 7.26. The molecule has 3 aromatic heterocycles. The predicted octanol–water partition coefficient (Wildman–Crippen LogP) is 13.1. The predicted molar refractivity (Wildman–Crippen MR) is 211 cm³/mol. The second kappa shape index (κ2) is 10.2. The molecular weight excluding hydrogens is 613 g/mol. The molecule has 0 atom stereocenters. The van der Waals surface area contributed by atoms with E-state index in [9.17, 15) is 0 Å². The van der Waals surface area contributed by atoms with Gasteiger partial charge in [-0.1, -0.05) is 115 Å². The van der Waals surface area contributed by atoms with Crippen LogP contribution in [0.3, 0.4) is 0 Å². The second-order valence-corrected chi connectivity index (χ2v) is 13.9. The van der Waals surface area contributed by atoms with E-state index in [1.807, 2.05) is 11.3 Å². The Balaban J connectivity index is 1.23. The molecule has 0 aliphatic carbocycles. The Labute approximate surface area is 286 Å². The third-order valence-electron chi connectivity index (χ3n) is 10.3. The van der Waals surface area contributed by atoms with Gasteiger partial charge in [-0.25, -0.2) is 0 Å². The van der Waals surface area contributed by atoms with Gasteiger partial charge in [0.1, 0.15) is 0 Å². The van der Waals surface area contributed by atoms with Gasteiger partial charge in [0, 0.05) is 43.0 Å². The van der Waals surface area contributed by atoms with Crippen LogP contribution >= 0.6 is 11.3 Å². The lowest BCUT2D eigenvalue weighted by atomic mass is 9.98. The zero-order chi connectivity index (χ0) is 32.1. The Morgan fingerprint density at radius 2 is 0.878 bits per heavy atom. The van der Waals surface area contributed by atoms with Crippen molar-refractivity contribution in [2.45, 2.75) is 0 Å². The van der Waals surface area contributed by atoms with Gasteiger partial charge in [-0.2, -0.15) is 0 Å². The summed E-state index contributed by atoms with van der Waals surface area (Å²) in [5, 5.41) is 10.4. The lowest BCUT2D eigenvalue weighted by Gasteiger charge is -2.12. The summed E-state index contributed by atoms with van der Waals surface area (Å²) >= 11 is 1.92. The number of hydrogen-bond donors (Lipinski definition) is 0. The van der Waals surface area contributed by atoms with E-state index < -0.39 is 0 Å². The molecule has 49 heavy (non-hydrogen) atoms. The van der Waals surface area contributed by atoms with Crippen molar-refractivity contribution in [1.82, 2.24) is 9.13 Å². The molecule has 2 nitrogen and oxygen atoms in total. The number of benzene rings is 8. The molecule has 0 fully saturated rings. The number of nitrogens with zero attached hydrogens (tertiary/aromatic N) is 2. The molecule has 228 valence electrons. The summed E-state index contributed by atoms with van der Waals surface area (Å²) in [5.74, 6) is 0. The van der Waals surface area contributed by atoms with E-state index in [-0.39, 0.29) is 0 Å². The lowest BCUT2D eigenvalue weighted by molar-refractivity contribution is 1.18. The van der Waals surface area contributed by atoms with Gasteiger partial charge < -0.3 is 9.13 Å². The fraction of sp³-hybridized carbons (Fsp3) is 0. The summed E-state index contributed by atoms with van der Waals surface area (Å²) in [6.45, 7) is 0. The standard InChI is InChI=1S/C46H28N2S/c1-3-13-31(14-4-1)47-40-22-12-11-19-35(40)38-27-29(23-25-41(38)47)30-24-26-42-39(28-30)45-46(49-42)43-36-20-9-7-17-33(36)34-18-8-10-21-37(34)44(43)48(45)32-15-5-2-6-16-32/h1-28H. The highest BCUT2D eigenvalue weighted by atomic mass is 32.1. The molecule has 0 amide bonds. The number of hydrogen-bond acceptors (Lipinski definition) is 1. The molecule has 8 aromatic carbocycles. The van der Waals surface area contributed by atoms with Crippen molar-refractivity contribution in [2.24, 2.45) is 0 Å². The van der Waals surface area contributed by atoms with Crippen LogP contribution in [-0.2, 0) is 0 Å². The number of rotatable bonds is 3. The Morgan fingerprint density at radius 3 is 1.61 bits per heavy atom. The van der Waals surface area contributed by atoms with Gasteiger partial charge in [-0.05, 0) is 81.9 Å². The van der Waals surface area contributed by atoms with Crippen LogP contribution in [0.2, 0.25) is 0 Å². The average molecular weight is 641 g/mol. The molecule has 0 radical (unpaired) electrons. The molecule has 11 rings (SSSR count). The Bertz CT molecular complexity index is 3090. The largest absolute Gasteiger partial charge is 0.309 e. The lowest BCUT2D eigenvalue weighted by Crippen LogP contribution is -1.94. The third-order valence-corrected chi connectivity index (χ3v) is 11.5. The molecule has 3 heteroatoms. The summed E-state index contributed by atoms with van der Waals surface area (Å²) in [7, 11) is 0. The van der Waals surface area contributed by atoms with Crippen molar-refractivity contribution in [2.75, 3.05) is 0 Å². The van der Waals surface area contributed by atoms with Crippen LogP contribution in [0.5, 0.6) is 0 Å². The first-order valence-corrected chi connectivity index (χ1v) is 17.6. The van der Waals surface area contributed by atoms with Crippen LogP contribution in [0.4, 0.5) is 0 Å². The molecule has 11 aromatic rings. The van der Waals surface area contributed by atoms with Gasteiger partial charge in [0.2, 0.25) is 0 Å². The molecule has 0 unspecified atom stereocenters. The molecule has 0 aliphatic heterocycles. The number of thiophene rings is 1. The Kier molecular flexibility index (Phi) is 5.57. The minimum Gasteiger partial charge on any atom is -0.309 e. The third kappa shape index (κ3) is 3.76. The molecule has 0 saturated carbocycles. The van der Waals surface area contributed by atoms with Crippen LogP contribution in [-0.4, -0.2) is 9.13 Å². The van der Waals surface area contributed by atoms with E-state index in [0.717, 1.165) is 0 Å². The Hall–Kier alpha value is -6.16. The van der Waals surface area contributed by atoms with E-state index in [4.69, 9.17) is 0 Å². The van der Waals surface area contributed by atoms with Crippen LogP contribution < -0.4 is 0 Å². The number of aromatic nitrogens is 2. The Morgan fingerprint density at radius 1 is 0.347 bits per heavy atom. The van der Waals surface area contributed by atoms with Gasteiger partial charge in [0.15, 0.2) is 0 Å². The quantitative estimate of drug-likeness (QED) is 0.170. The van der Waals surface area contributed by atoms with E-state index in [0.29, 0.717) is 0 Å². The molecule has 0 bridgehead atoms. The van der Waals surface area contributed by atoms with E-state index in [1.165, 1.54) is 97.1 Å². The SMILES string of the molecule is c1ccc(-n2c3ccccc3c3cc(-c4ccc5sc6c7c8ccccc8c8ccccc8c7n(-c7ccccc7)c6c5c4)ccc32)cc1. The summed E-state index contributed by atoms with van der Waals surface area (Å²) in [4.78, 5) is 0. The summed E-state index contributed by atoms with van der Waals surface area (Å²) in [6.07, 6.45) is 0. The zero-order valence-electron chi connectivity index (χ0n) is 26.5. The maximum atomic E-state index is 2.53. The van der Waals surface area contributed by atoms with Crippen molar-refractivity contribution in [3.63, 3.8) is 0 Å². The maximum Gasteiger partial charge on any atom is 0.0728 e. The van der Waals surface area contributed by atoms with Crippen molar-refractivity contribution < 1.29 is 0 Å². The number of para-hydroxylation sites is 3. The monoisotopic (exact) mass is 640 g/mol. The fourth-order valence-corrected chi connectivity index (χ4v) is 9.42. The first kappa shape index (κ1) is 26.9. The summed E-state index contributed by atoms with van der Waals surface area (Å²) < 4.78 is 7.56. The van der Waals surface area contributed by atoms with Gasteiger partial charge in [-0.3, -0.25) is 0 Å². The summed E-state index contributed by atoms with van der Waals surface area (Å²) in [5.41, 5.74) is 9.82. The summed E-state index contributed by atoms with van der Waals surface area (Å²) in [6, 6.07) is 62.2. The molecule has 0 saturated heterocycles. The van der Waals surface area contributed by atoms with Crippen LogP contribution in [0, 0.1) is 0 Å². The minimum atomic E-state index is 1.18. The normalized spacial score (nSPS) is 12.1. The van der Waals surface area contributed by atoms with Crippen LogP contribution in [0.1, 0.15) is 0 Å². The van der Waals surface area contributed by atoms with Gasteiger partial charge in [0.05, 0.1) is 26.8 Å². The van der Waals surface area contributed by atoms with E-state index in [2.05, 4.69) is 179 Å². The van der Waals surface area contributed by atoms with Crippen LogP contribution in [0.15, 0.2) is 170 Å². The fourth-order valence-electron chi connectivity index (χ4n) is 8.20. The number of fused-ring (bicyclic) bond motifs is 13. The van der Waals surface area contributed by atoms with E-state index in [1.54, 1.807) is 0 Å². The molecule has 3 heterocycles. The molecular formula is C46H28N2S. The van der Waals surface area contributed by atoms with Crippen molar-refractivity contribution in [3.8, 4) is 22.5 Å². The zero-order valence-corrected chi connectivity index (χ0v) is 27.3. The maximum absolute atomic E-state index is 2.53. The van der Waals surface area contributed by atoms with Gasteiger partial charge >= 0.3 is 0 Å². The topological polar surface area (TPSA) is 9.86 Å². The average Bonchev–Trinajstić information content (AvgIpc) is 3.82. The smallest absolute Gasteiger partial charge is 0.0728 e. The minimum absolute atomic E-state index is 1.18.